The van der Waals surface area contributed by atoms with Crippen LogP contribution in [0.3, 0.4) is 0 Å². The van der Waals surface area contributed by atoms with Gasteiger partial charge in [0.25, 0.3) is 0 Å². The number of nitrogens with zero attached hydrogens (tertiary/aromatic N) is 3. The second-order valence-corrected chi connectivity index (χ2v) is 4.11. The first-order valence-corrected chi connectivity index (χ1v) is 5.86. The second-order valence-electron chi connectivity index (χ2n) is 3.67. The van der Waals surface area contributed by atoms with Gasteiger partial charge < -0.3 is 8.83 Å². The fourth-order valence-electron chi connectivity index (χ4n) is 1.46. The minimum atomic E-state index is 0.168. The molecule has 94 valence electrons. The molecule has 0 N–H and O–H groups in total. The van der Waals surface area contributed by atoms with Crippen molar-refractivity contribution in [3.05, 3.63) is 53.4 Å². The maximum atomic E-state index is 5.81. The van der Waals surface area contributed by atoms with E-state index in [4.69, 9.17) is 20.4 Å². The molecule has 2 aromatic heterocycles. The van der Waals surface area contributed by atoms with Gasteiger partial charge in [-0.1, -0.05) is 16.7 Å². The Bertz CT molecular complexity index is 687. The first-order chi connectivity index (χ1) is 9.31. The third kappa shape index (κ3) is 2.71. The summed E-state index contributed by atoms with van der Waals surface area (Å²) in [4.78, 5) is 4.03. The van der Waals surface area contributed by atoms with Gasteiger partial charge in [0.1, 0.15) is 5.76 Å². The zero-order chi connectivity index (χ0) is 13.1. The highest BCUT2D eigenvalue weighted by molar-refractivity contribution is 6.30. The van der Waals surface area contributed by atoms with E-state index in [1.807, 2.05) is 0 Å². The molecule has 3 rings (SSSR count). The zero-order valence-electron chi connectivity index (χ0n) is 9.65. The van der Waals surface area contributed by atoms with E-state index in [1.165, 1.54) is 6.21 Å². The first-order valence-electron chi connectivity index (χ1n) is 5.48. The van der Waals surface area contributed by atoms with Crippen molar-refractivity contribution in [2.75, 3.05) is 0 Å². The van der Waals surface area contributed by atoms with E-state index in [0.717, 1.165) is 5.56 Å². The van der Waals surface area contributed by atoms with Crippen molar-refractivity contribution >= 4 is 23.8 Å². The molecule has 1 aromatic carbocycles. The van der Waals surface area contributed by atoms with Gasteiger partial charge in [-0.2, -0.15) is 4.99 Å². The summed E-state index contributed by atoms with van der Waals surface area (Å²) in [6.45, 7) is 0. The molecule has 0 aliphatic rings. The number of furan rings is 1. The van der Waals surface area contributed by atoms with Gasteiger partial charge in [-0.3, -0.25) is 0 Å². The van der Waals surface area contributed by atoms with E-state index >= 15 is 0 Å². The third-order valence-corrected chi connectivity index (χ3v) is 2.60. The fourth-order valence-corrected chi connectivity index (χ4v) is 1.59. The van der Waals surface area contributed by atoms with Gasteiger partial charge >= 0.3 is 6.01 Å². The van der Waals surface area contributed by atoms with Gasteiger partial charge in [0.2, 0.25) is 5.89 Å². The molecule has 0 spiro atoms. The van der Waals surface area contributed by atoms with Crippen LogP contribution in [0, 0.1) is 0 Å². The molecule has 0 saturated heterocycles. The van der Waals surface area contributed by atoms with Crippen molar-refractivity contribution in [2.24, 2.45) is 4.99 Å². The van der Waals surface area contributed by atoms with Crippen LogP contribution in [0.1, 0.15) is 5.76 Å². The van der Waals surface area contributed by atoms with Crippen molar-refractivity contribution < 1.29 is 8.83 Å². The van der Waals surface area contributed by atoms with Crippen LogP contribution >= 0.6 is 11.6 Å². The summed E-state index contributed by atoms with van der Waals surface area (Å²) in [7, 11) is 0. The normalized spacial score (nSPS) is 11.2. The molecule has 3 aromatic rings. The fraction of sp³-hybridized carbons (Fsp3) is 0. The molecular weight excluding hydrogens is 266 g/mol. The molecule has 6 heteroatoms. The molecule has 0 atom stereocenters. The van der Waals surface area contributed by atoms with Gasteiger partial charge in [0.05, 0.1) is 12.5 Å². The van der Waals surface area contributed by atoms with E-state index in [9.17, 15) is 0 Å². The SMILES string of the molecule is Clc1ccc(-c2nnc(/N=C/c3ccco3)o2)cc1. The summed E-state index contributed by atoms with van der Waals surface area (Å²) in [6, 6.07) is 10.8. The van der Waals surface area contributed by atoms with Gasteiger partial charge in [-0.25, -0.2) is 0 Å². The Hall–Kier alpha value is -2.40. The second kappa shape index (κ2) is 5.07. The van der Waals surface area contributed by atoms with Crippen molar-refractivity contribution in [1.82, 2.24) is 10.2 Å². The number of aromatic nitrogens is 2. The van der Waals surface area contributed by atoms with Crippen molar-refractivity contribution in [2.45, 2.75) is 0 Å². The van der Waals surface area contributed by atoms with Crippen LogP contribution < -0.4 is 0 Å². The smallest absolute Gasteiger partial charge is 0.342 e. The Morgan fingerprint density at radius 2 is 1.95 bits per heavy atom. The standard InChI is InChI=1S/C13H8ClN3O2/c14-10-5-3-9(4-6-10)12-16-17-13(19-12)15-8-11-2-1-7-18-11/h1-8H/b15-8+. The Morgan fingerprint density at radius 1 is 1.11 bits per heavy atom. The summed E-state index contributed by atoms with van der Waals surface area (Å²) in [5, 5.41) is 8.39. The maximum absolute atomic E-state index is 5.81. The monoisotopic (exact) mass is 273 g/mol. The Balaban J connectivity index is 1.81. The van der Waals surface area contributed by atoms with Gasteiger partial charge in [-0.05, 0) is 36.4 Å². The average Bonchev–Trinajstić information content (AvgIpc) is 3.09. The lowest BCUT2D eigenvalue weighted by molar-refractivity contribution is 0.558. The van der Waals surface area contributed by atoms with Crippen molar-refractivity contribution in [1.29, 1.82) is 0 Å². The average molecular weight is 274 g/mol. The van der Waals surface area contributed by atoms with Crippen LogP contribution in [0.15, 0.2) is 56.5 Å². The molecule has 0 saturated carbocycles. The van der Waals surface area contributed by atoms with Crippen LogP contribution in [0.25, 0.3) is 11.5 Å². The number of hydrogen-bond donors (Lipinski definition) is 0. The highest BCUT2D eigenvalue weighted by atomic mass is 35.5. The van der Waals surface area contributed by atoms with Gasteiger partial charge in [0, 0.05) is 10.6 Å². The minimum absolute atomic E-state index is 0.168. The lowest BCUT2D eigenvalue weighted by Gasteiger charge is -1.93. The van der Waals surface area contributed by atoms with Gasteiger partial charge in [-0.15, -0.1) is 5.10 Å². The number of rotatable bonds is 3. The lowest BCUT2D eigenvalue weighted by Crippen LogP contribution is -1.76. The molecule has 0 amide bonds. The van der Waals surface area contributed by atoms with E-state index in [1.54, 1.807) is 42.7 Å². The molecule has 0 bridgehead atoms. The predicted molar refractivity (Wildman–Crippen MR) is 70.7 cm³/mol. The highest BCUT2D eigenvalue weighted by Gasteiger charge is 2.07. The predicted octanol–water partition coefficient (Wildman–Crippen LogP) is 3.73. The number of hydrogen-bond acceptors (Lipinski definition) is 5. The Morgan fingerprint density at radius 3 is 2.68 bits per heavy atom. The lowest BCUT2D eigenvalue weighted by atomic mass is 10.2. The van der Waals surface area contributed by atoms with E-state index in [-0.39, 0.29) is 6.01 Å². The topological polar surface area (TPSA) is 64.4 Å². The maximum Gasteiger partial charge on any atom is 0.342 e. The molecule has 19 heavy (non-hydrogen) atoms. The first kappa shape index (κ1) is 11.7. The van der Waals surface area contributed by atoms with Crippen LogP contribution in [0.5, 0.6) is 0 Å². The van der Waals surface area contributed by atoms with Crippen LogP contribution in [0.4, 0.5) is 6.01 Å². The summed E-state index contributed by atoms with van der Waals surface area (Å²) in [5.41, 5.74) is 0.788. The zero-order valence-corrected chi connectivity index (χ0v) is 10.4. The molecule has 0 aliphatic heterocycles. The van der Waals surface area contributed by atoms with Crippen molar-refractivity contribution in [3.8, 4) is 11.5 Å². The number of halogens is 1. The summed E-state index contributed by atoms with van der Waals surface area (Å²) in [6.07, 6.45) is 3.08. The molecule has 2 heterocycles. The summed E-state index contributed by atoms with van der Waals surface area (Å²) in [5.74, 6) is 1.01. The molecule has 5 nitrogen and oxygen atoms in total. The summed E-state index contributed by atoms with van der Waals surface area (Å²) >= 11 is 5.81. The van der Waals surface area contributed by atoms with Gasteiger partial charge in [0.15, 0.2) is 0 Å². The third-order valence-electron chi connectivity index (χ3n) is 2.35. The van der Waals surface area contributed by atoms with E-state index in [2.05, 4.69) is 15.2 Å². The molecule has 0 aliphatic carbocycles. The Labute approximate surface area is 113 Å². The number of benzene rings is 1. The van der Waals surface area contributed by atoms with Crippen LogP contribution in [0.2, 0.25) is 5.02 Å². The molecule has 0 unspecified atom stereocenters. The van der Waals surface area contributed by atoms with Crippen LogP contribution in [-0.2, 0) is 0 Å². The molecule has 0 fully saturated rings. The minimum Gasteiger partial charge on any atom is -0.463 e. The Kier molecular flexibility index (Phi) is 3.12. The van der Waals surface area contributed by atoms with E-state index < -0.39 is 0 Å². The quantitative estimate of drug-likeness (QED) is 0.682. The largest absolute Gasteiger partial charge is 0.463 e. The molecular formula is C13H8ClN3O2. The molecule has 0 radical (unpaired) electrons. The van der Waals surface area contributed by atoms with E-state index in [0.29, 0.717) is 16.7 Å². The summed E-state index contributed by atoms with van der Waals surface area (Å²) < 4.78 is 10.5. The van der Waals surface area contributed by atoms with Crippen LogP contribution in [-0.4, -0.2) is 16.4 Å². The number of aliphatic imine (C=N–C) groups is 1. The van der Waals surface area contributed by atoms with Crippen molar-refractivity contribution in [3.63, 3.8) is 0 Å². The highest BCUT2D eigenvalue weighted by Crippen LogP contribution is 2.22.